The molecular weight excluding hydrogens is 397 g/mol. The third kappa shape index (κ3) is 4.23. The Labute approximate surface area is 179 Å². The van der Waals surface area contributed by atoms with E-state index in [0.717, 1.165) is 6.21 Å². The molecule has 158 valence electrons. The Morgan fingerprint density at radius 1 is 1.42 bits per heavy atom. The van der Waals surface area contributed by atoms with Gasteiger partial charge in [0.15, 0.2) is 11.6 Å². The number of fused-ring (bicyclic) bond motifs is 3. The summed E-state index contributed by atoms with van der Waals surface area (Å²) in [6.45, 7) is 1.93. The van der Waals surface area contributed by atoms with Gasteiger partial charge in [0, 0.05) is 60.2 Å². The third-order valence-corrected chi connectivity index (χ3v) is 4.93. The highest BCUT2D eigenvalue weighted by Crippen LogP contribution is 2.33. The van der Waals surface area contributed by atoms with Crippen molar-refractivity contribution in [3.05, 3.63) is 64.1 Å². The number of allylic oxidation sites excluding steroid dienone is 1. The van der Waals surface area contributed by atoms with Gasteiger partial charge in [-0.2, -0.15) is 5.26 Å². The lowest BCUT2D eigenvalue weighted by molar-refractivity contribution is 0.226. The van der Waals surface area contributed by atoms with Gasteiger partial charge in [-0.25, -0.2) is 9.37 Å². The van der Waals surface area contributed by atoms with E-state index < -0.39 is 11.9 Å². The fraction of sp³-hybridized carbons (Fsp3) is 0.182. The summed E-state index contributed by atoms with van der Waals surface area (Å²) in [5.41, 5.74) is 9.34. The molecule has 3 rings (SSSR count). The molecule has 2 heterocycles. The van der Waals surface area contributed by atoms with Crippen molar-refractivity contribution in [2.45, 2.75) is 13.0 Å². The lowest BCUT2D eigenvalue weighted by atomic mass is 9.97. The molecule has 31 heavy (non-hydrogen) atoms. The fourth-order valence-electron chi connectivity index (χ4n) is 3.41. The Morgan fingerprint density at radius 3 is 2.84 bits per heavy atom. The van der Waals surface area contributed by atoms with Crippen LogP contribution >= 0.6 is 0 Å². The largest absolute Gasteiger partial charge is 0.482 e. The highest BCUT2D eigenvalue weighted by molar-refractivity contribution is 5.95. The zero-order valence-electron chi connectivity index (χ0n) is 17.1. The molecule has 1 unspecified atom stereocenters. The number of pyridine rings is 1. The quantitative estimate of drug-likeness (QED) is 0.382. The van der Waals surface area contributed by atoms with E-state index in [-0.39, 0.29) is 23.7 Å². The second-order valence-corrected chi connectivity index (χ2v) is 6.79. The molecule has 0 spiro atoms. The van der Waals surface area contributed by atoms with Crippen LogP contribution in [0.5, 0.6) is 5.75 Å². The van der Waals surface area contributed by atoms with Crippen molar-refractivity contribution in [3.8, 4) is 11.8 Å². The molecule has 0 saturated heterocycles. The zero-order chi connectivity index (χ0) is 22.5. The van der Waals surface area contributed by atoms with Crippen molar-refractivity contribution in [1.29, 1.82) is 16.1 Å². The maximum Gasteiger partial charge on any atom is 0.166 e. The summed E-state index contributed by atoms with van der Waals surface area (Å²) in [7, 11) is 1.71. The number of hydrogen-bond donors (Lipinski definition) is 5. The van der Waals surface area contributed by atoms with Crippen LogP contribution in [-0.4, -0.2) is 31.0 Å². The molecular formula is C22H22FN7O. The van der Waals surface area contributed by atoms with Crippen LogP contribution in [0.2, 0.25) is 0 Å². The van der Waals surface area contributed by atoms with Gasteiger partial charge in [0.25, 0.3) is 0 Å². The SMILES string of the molecule is CN/C1=C(\C=N)CN/C(=C(/C#N)C=N)c2cnc(N)c(c2)OC(C)c2cc(F)ccc21. The monoisotopic (exact) mass is 419 g/mol. The maximum absolute atomic E-state index is 14.1. The van der Waals surface area contributed by atoms with Gasteiger partial charge < -0.3 is 31.9 Å². The van der Waals surface area contributed by atoms with Crippen molar-refractivity contribution in [2.75, 3.05) is 19.3 Å². The molecule has 9 heteroatoms. The van der Waals surface area contributed by atoms with Crippen LogP contribution in [0.4, 0.5) is 10.2 Å². The van der Waals surface area contributed by atoms with E-state index in [1.54, 1.807) is 26.1 Å². The number of nitriles is 1. The summed E-state index contributed by atoms with van der Waals surface area (Å²) in [5, 5.41) is 31.2. The molecule has 0 radical (unpaired) electrons. The molecule has 1 atom stereocenters. The molecule has 1 aliphatic rings. The van der Waals surface area contributed by atoms with Gasteiger partial charge >= 0.3 is 0 Å². The Kier molecular flexibility index (Phi) is 6.31. The van der Waals surface area contributed by atoms with Crippen molar-refractivity contribution in [1.82, 2.24) is 15.6 Å². The van der Waals surface area contributed by atoms with Crippen LogP contribution in [0.25, 0.3) is 11.4 Å². The molecule has 2 aromatic rings. The predicted octanol–water partition coefficient (Wildman–Crippen LogP) is 3.01. The molecule has 2 bridgehead atoms. The Bertz CT molecular complexity index is 1150. The van der Waals surface area contributed by atoms with Gasteiger partial charge in [0.2, 0.25) is 0 Å². The molecule has 1 aliphatic heterocycles. The smallest absolute Gasteiger partial charge is 0.166 e. The summed E-state index contributed by atoms with van der Waals surface area (Å²) in [5.74, 6) is -0.00602. The topological polar surface area (TPSA) is 144 Å². The van der Waals surface area contributed by atoms with Crippen LogP contribution in [-0.2, 0) is 0 Å². The highest BCUT2D eigenvalue weighted by Gasteiger charge is 2.21. The molecule has 0 amide bonds. The average molecular weight is 419 g/mol. The minimum Gasteiger partial charge on any atom is -0.482 e. The van der Waals surface area contributed by atoms with Crippen LogP contribution in [0.15, 0.2) is 41.6 Å². The van der Waals surface area contributed by atoms with Crippen LogP contribution in [0, 0.1) is 28.0 Å². The van der Waals surface area contributed by atoms with Gasteiger partial charge in [-0.3, -0.25) is 0 Å². The lowest BCUT2D eigenvalue weighted by Gasteiger charge is -2.24. The Balaban J connectivity index is 2.32. The molecule has 0 saturated carbocycles. The third-order valence-electron chi connectivity index (χ3n) is 4.93. The Morgan fingerprint density at radius 2 is 2.19 bits per heavy atom. The first kappa shape index (κ1) is 21.5. The number of nitrogen functional groups attached to an aromatic ring is 1. The first-order chi connectivity index (χ1) is 14.9. The zero-order valence-corrected chi connectivity index (χ0v) is 17.1. The number of nitrogens with two attached hydrogens (primary N) is 1. The van der Waals surface area contributed by atoms with E-state index in [1.807, 2.05) is 6.07 Å². The number of nitrogens with one attached hydrogen (secondary N) is 4. The fourth-order valence-corrected chi connectivity index (χ4v) is 3.41. The molecule has 0 fully saturated rings. The minimum absolute atomic E-state index is 0.0837. The first-order valence-corrected chi connectivity index (χ1v) is 9.45. The Hall–Kier alpha value is -4.19. The molecule has 1 aromatic carbocycles. The van der Waals surface area contributed by atoms with Gasteiger partial charge in [-0.15, -0.1) is 0 Å². The van der Waals surface area contributed by atoms with Gasteiger partial charge in [0.1, 0.15) is 18.0 Å². The van der Waals surface area contributed by atoms with Gasteiger partial charge in [-0.1, -0.05) is 0 Å². The second kappa shape index (κ2) is 9.09. The van der Waals surface area contributed by atoms with E-state index in [1.165, 1.54) is 24.5 Å². The molecule has 6 N–H and O–H groups in total. The first-order valence-electron chi connectivity index (χ1n) is 9.45. The predicted molar refractivity (Wildman–Crippen MR) is 118 cm³/mol. The number of hydrogen-bond acceptors (Lipinski definition) is 8. The number of aromatic nitrogens is 1. The summed E-state index contributed by atoms with van der Waals surface area (Å²) in [6, 6.07) is 7.96. The highest BCUT2D eigenvalue weighted by atomic mass is 19.1. The van der Waals surface area contributed by atoms with E-state index in [2.05, 4.69) is 15.6 Å². The normalized spacial score (nSPS) is 19.9. The number of ether oxygens (including phenoxy) is 1. The summed E-state index contributed by atoms with van der Waals surface area (Å²) in [6.07, 6.45) is 3.00. The number of nitrogens with zero attached hydrogens (tertiary/aromatic N) is 2. The number of benzene rings is 1. The minimum atomic E-state index is -0.599. The van der Waals surface area contributed by atoms with Gasteiger partial charge in [-0.05, 0) is 31.2 Å². The van der Waals surface area contributed by atoms with Crippen LogP contribution in [0.3, 0.4) is 0 Å². The second-order valence-electron chi connectivity index (χ2n) is 6.79. The van der Waals surface area contributed by atoms with Crippen LogP contribution in [0.1, 0.15) is 29.7 Å². The van der Waals surface area contributed by atoms with Gasteiger partial charge in [0.05, 0.1) is 11.3 Å². The number of anilines is 1. The summed E-state index contributed by atoms with van der Waals surface area (Å²) < 4.78 is 20.2. The van der Waals surface area contributed by atoms with E-state index in [0.29, 0.717) is 33.7 Å². The summed E-state index contributed by atoms with van der Waals surface area (Å²) in [4.78, 5) is 4.16. The van der Waals surface area contributed by atoms with Crippen LogP contribution < -0.4 is 21.1 Å². The van der Waals surface area contributed by atoms with E-state index in [9.17, 15) is 9.65 Å². The van der Waals surface area contributed by atoms with Crippen molar-refractivity contribution < 1.29 is 9.13 Å². The van der Waals surface area contributed by atoms with E-state index in [4.69, 9.17) is 21.3 Å². The maximum atomic E-state index is 14.1. The lowest BCUT2D eigenvalue weighted by Crippen LogP contribution is -2.23. The van der Waals surface area contributed by atoms with Crippen molar-refractivity contribution in [2.24, 2.45) is 0 Å². The molecule has 1 aromatic heterocycles. The molecule has 0 aliphatic carbocycles. The average Bonchev–Trinajstić information content (AvgIpc) is 2.77. The van der Waals surface area contributed by atoms with E-state index >= 15 is 0 Å². The number of halogens is 1. The number of rotatable bonds is 3. The standard InChI is InChI=1S/C22H22FN7O/c1-12-18-6-16(23)3-4-17(18)21(28-2)15(9-26)11-29-20(14(7-24)8-25)13-5-19(31-12)22(27)30-10-13/h3-7,9-10,12,24,26,28-29H,11H2,1-2H3,(H2,27,30)/b20-14+,21-15+,24-7?,26-9?. The summed E-state index contributed by atoms with van der Waals surface area (Å²) >= 11 is 0. The van der Waals surface area contributed by atoms with Crippen molar-refractivity contribution in [3.63, 3.8) is 0 Å². The molecule has 8 nitrogen and oxygen atoms in total. The van der Waals surface area contributed by atoms with Crippen molar-refractivity contribution >= 4 is 29.6 Å².